The van der Waals surface area contributed by atoms with Crippen LogP contribution in [0.3, 0.4) is 0 Å². The van der Waals surface area contributed by atoms with E-state index in [1.54, 1.807) is 13.8 Å². The quantitative estimate of drug-likeness (QED) is 0.276. The number of rotatable bonds is 8. The number of carbonyl (C=O) groups excluding carboxylic acids is 2. The number of hydrogen-bond acceptors (Lipinski definition) is 3. The van der Waals surface area contributed by atoms with Gasteiger partial charge < -0.3 is 4.74 Å². The normalized spacial score (nSPS) is 10.9. The van der Waals surface area contributed by atoms with Crippen molar-refractivity contribution in [2.75, 3.05) is 0 Å². The molecule has 0 spiro atoms. The zero-order valence-corrected chi connectivity index (χ0v) is 10.5. The number of carbonyl (C=O) groups is 2. The molecule has 0 aliphatic rings. The van der Waals surface area contributed by atoms with Crippen LogP contribution in [-0.4, -0.2) is 17.9 Å². The van der Waals surface area contributed by atoms with Crippen LogP contribution in [0.1, 0.15) is 52.9 Å². The molecule has 0 aromatic heterocycles. The molecule has 0 fully saturated rings. The summed E-state index contributed by atoms with van der Waals surface area (Å²) in [4.78, 5) is 22.0. The van der Waals surface area contributed by atoms with Crippen LogP contribution in [0.5, 0.6) is 0 Å². The average Bonchev–Trinajstić information content (AvgIpc) is 2.22. The first-order valence-corrected chi connectivity index (χ1v) is 5.80. The molecule has 0 atom stereocenters. The Morgan fingerprint density at radius 1 is 1.31 bits per heavy atom. The van der Waals surface area contributed by atoms with Crippen molar-refractivity contribution < 1.29 is 14.3 Å². The third-order valence-corrected chi connectivity index (χ3v) is 2.52. The fourth-order valence-corrected chi connectivity index (χ4v) is 1.24. The Labute approximate surface area is 97.9 Å². The maximum absolute atomic E-state index is 11.5. The van der Waals surface area contributed by atoms with E-state index in [2.05, 4.69) is 13.5 Å². The molecule has 16 heavy (non-hydrogen) atoms. The summed E-state index contributed by atoms with van der Waals surface area (Å²) >= 11 is 0. The molecule has 3 heteroatoms. The highest BCUT2D eigenvalue weighted by Crippen LogP contribution is 2.18. The van der Waals surface area contributed by atoms with E-state index in [0.717, 1.165) is 25.7 Å². The summed E-state index contributed by atoms with van der Waals surface area (Å²) in [7, 11) is 0. The summed E-state index contributed by atoms with van der Waals surface area (Å²) in [5.41, 5.74) is -0.599. The van der Waals surface area contributed by atoms with Crippen molar-refractivity contribution in [3.63, 3.8) is 0 Å². The lowest BCUT2D eigenvalue weighted by Gasteiger charge is -2.24. The largest absolute Gasteiger partial charge is 0.455 e. The molecule has 92 valence electrons. The zero-order valence-electron chi connectivity index (χ0n) is 10.5. The Hall–Kier alpha value is -1.12. The molecule has 0 aromatic rings. The maximum Gasteiger partial charge on any atom is 0.306 e. The first-order valence-electron chi connectivity index (χ1n) is 5.80. The fourth-order valence-electron chi connectivity index (χ4n) is 1.24. The molecule has 0 unspecified atom stereocenters. The van der Waals surface area contributed by atoms with Crippen LogP contribution < -0.4 is 0 Å². The molecule has 0 saturated carbocycles. The SMILES string of the molecule is C=C(C=O)C(C)(C)OC(=O)CCCCCC. The molecule has 0 aromatic carbocycles. The van der Waals surface area contributed by atoms with Gasteiger partial charge in [-0.3, -0.25) is 9.59 Å². The Morgan fingerprint density at radius 3 is 2.44 bits per heavy atom. The van der Waals surface area contributed by atoms with E-state index in [0.29, 0.717) is 12.7 Å². The summed E-state index contributed by atoms with van der Waals surface area (Å²) in [6, 6.07) is 0. The Morgan fingerprint density at radius 2 is 1.94 bits per heavy atom. The summed E-state index contributed by atoms with van der Waals surface area (Å²) in [5.74, 6) is -0.260. The molecule has 0 amide bonds. The summed E-state index contributed by atoms with van der Waals surface area (Å²) in [5, 5.41) is 0. The molecule has 3 nitrogen and oxygen atoms in total. The van der Waals surface area contributed by atoms with Gasteiger partial charge in [-0.15, -0.1) is 0 Å². The number of aldehydes is 1. The molecular formula is C13H22O3. The van der Waals surface area contributed by atoms with Gasteiger partial charge in [0, 0.05) is 12.0 Å². The van der Waals surface area contributed by atoms with Crippen molar-refractivity contribution in [3.05, 3.63) is 12.2 Å². The topological polar surface area (TPSA) is 43.4 Å². The van der Waals surface area contributed by atoms with Gasteiger partial charge in [0.1, 0.15) is 11.9 Å². The van der Waals surface area contributed by atoms with Crippen molar-refractivity contribution >= 4 is 12.3 Å². The van der Waals surface area contributed by atoms with E-state index in [-0.39, 0.29) is 11.5 Å². The highest BCUT2D eigenvalue weighted by atomic mass is 16.6. The van der Waals surface area contributed by atoms with Gasteiger partial charge in [-0.2, -0.15) is 0 Å². The second-order valence-corrected chi connectivity index (χ2v) is 4.44. The highest BCUT2D eigenvalue weighted by molar-refractivity contribution is 5.77. The van der Waals surface area contributed by atoms with Crippen LogP contribution in [0.4, 0.5) is 0 Å². The third kappa shape index (κ3) is 5.69. The Kier molecular flexibility index (Phi) is 6.70. The van der Waals surface area contributed by atoms with Gasteiger partial charge >= 0.3 is 5.97 Å². The van der Waals surface area contributed by atoms with E-state index in [1.165, 1.54) is 0 Å². The first-order chi connectivity index (χ1) is 7.44. The van der Waals surface area contributed by atoms with Gasteiger partial charge in [0.05, 0.1) is 0 Å². The minimum atomic E-state index is -0.885. The zero-order chi connectivity index (χ0) is 12.6. The van der Waals surface area contributed by atoms with Crippen LogP contribution in [0.15, 0.2) is 12.2 Å². The lowest BCUT2D eigenvalue weighted by molar-refractivity contribution is -0.153. The Bertz CT molecular complexity index is 254. The first kappa shape index (κ1) is 14.9. The van der Waals surface area contributed by atoms with E-state index >= 15 is 0 Å². The predicted molar refractivity (Wildman–Crippen MR) is 64.1 cm³/mol. The minimum Gasteiger partial charge on any atom is -0.455 e. The highest BCUT2D eigenvalue weighted by Gasteiger charge is 2.25. The van der Waals surface area contributed by atoms with Crippen molar-refractivity contribution in [2.45, 2.75) is 58.5 Å². The molecule has 0 heterocycles. The van der Waals surface area contributed by atoms with E-state index in [1.807, 2.05) is 0 Å². The second kappa shape index (κ2) is 7.20. The van der Waals surface area contributed by atoms with Crippen LogP contribution in [-0.2, 0) is 14.3 Å². The molecule has 0 aliphatic heterocycles. The molecule has 0 N–H and O–H groups in total. The summed E-state index contributed by atoms with van der Waals surface area (Å²) < 4.78 is 5.20. The monoisotopic (exact) mass is 226 g/mol. The van der Waals surface area contributed by atoms with Crippen molar-refractivity contribution in [1.29, 1.82) is 0 Å². The lowest BCUT2D eigenvalue weighted by atomic mass is 10.0. The van der Waals surface area contributed by atoms with Crippen LogP contribution in [0.25, 0.3) is 0 Å². The average molecular weight is 226 g/mol. The van der Waals surface area contributed by atoms with Gasteiger partial charge in [0.15, 0.2) is 0 Å². The van der Waals surface area contributed by atoms with Gasteiger partial charge in [0.2, 0.25) is 0 Å². The molecule has 0 bridgehead atoms. The predicted octanol–water partition coefficient (Wildman–Crippen LogP) is 3.03. The molecule has 0 aliphatic carbocycles. The summed E-state index contributed by atoms with van der Waals surface area (Å²) in [6.07, 6.45) is 5.21. The van der Waals surface area contributed by atoms with Crippen LogP contribution in [0.2, 0.25) is 0 Å². The number of ether oxygens (including phenoxy) is 1. The van der Waals surface area contributed by atoms with E-state index in [9.17, 15) is 9.59 Å². The van der Waals surface area contributed by atoms with Crippen molar-refractivity contribution in [1.82, 2.24) is 0 Å². The fraction of sp³-hybridized carbons (Fsp3) is 0.692. The number of esters is 1. The number of hydrogen-bond donors (Lipinski definition) is 0. The maximum atomic E-state index is 11.5. The van der Waals surface area contributed by atoms with Crippen LogP contribution >= 0.6 is 0 Å². The number of unbranched alkanes of at least 4 members (excludes halogenated alkanes) is 3. The smallest absolute Gasteiger partial charge is 0.306 e. The van der Waals surface area contributed by atoms with E-state index in [4.69, 9.17) is 4.74 Å². The Balaban J connectivity index is 3.94. The molecular weight excluding hydrogens is 204 g/mol. The molecule has 0 radical (unpaired) electrons. The van der Waals surface area contributed by atoms with Crippen molar-refractivity contribution in [3.8, 4) is 0 Å². The van der Waals surface area contributed by atoms with Gasteiger partial charge in [-0.05, 0) is 20.3 Å². The van der Waals surface area contributed by atoms with Gasteiger partial charge in [0.25, 0.3) is 0 Å². The lowest BCUT2D eigenvalue weighted by Crippen LogP contribution is -2.30. The van der Waals surface area contributed by atoms with Gasteiger partial charge in [-0.1, -0.05) is 32.8 Å². The van der Waals surface area contributed by atoms with Crippen molar-refractivity contribution in [2.24, 2.45) is 0 Å². The van der Waals surface area contributed by atoms with Crippen LogP contribution in [0, 0.1) is 0 Å². The van der Waals surface area contributed by atoms with Gasteiger partial charge in [-0.25, -0.2) is 0 Å². The molecule has 0 rings (SSSR count). The minimum absolute atomic E-state index is 0.260. The third-order valence-electron chi connectivity index (χ3n) is 2.52. The summed E-state index contributed by atoms with van der Waals surface area (Å²) in [6.45, 7) is 9.03. The second-order valence-electron chi connectivity index (χ2n) is 4.44. The standard InChI is InChI=1S/C13H22O3/c1-5-6-7-8-9-12(15)16-13(3,4)11(2)10-14/h10H,2,5-9H2,1,3-4H3. The van der Waals surface area contributed by atoms with E-state index < -0.39 is 5.60 Å². The molecule has 0 saturated heterocycles.